The summed E-state index contributed by atoms with van der Waals surface area (Å²) in [5, 5.41) is 0. The van der Waals surface area contributed by atoms with Gasteiger partial charge >= 0.3 is 0 Å². The third kappa shape index (κ3) is 1.91. The zero-order valence-corrected chi connectivity index (χ0v) is 10.4. The monoisotopic (exact) mass is 216 g/mol. The third-order valence-electron chi connectivity index (χ3n) is 4.03. The van der Waals surface area contributed by atoms with Crippen LogP contribution < -0.4 is 0 Å². The van der Waals surface area contributed by atoms with E-state index in [1.807, 2.05) is 0 Å². The summed E-state index contributed by atoms with van der Waals surface area (Å²) < 4.78 is 0. The van der Waals surface area contributed by atoms with Crippen molar-refractivity contribution in [3.8, 4) is 0 Å². The quantitative estimate of drug-likeness (QED) is 0.749. The highest BCUT2D eigenvalue weighted by molar-refractivity contribution is 5.85. The summed E-state index contributed by atoms with van der Waals surface area (Å²) >= 11 is 0. The molecular weight excluding hydrogens is 196 g/mol. The van der Waals surface area contributed by atoms with Gasteiger partial charge in [0.2, 0.25) is 0 Å². The lowest BCUT2D eigenvalue weighted by Crippen LogP contribution is -2.28. The van der Waals surface area contributed by atoms with Crippen molar-refractivity contribution in [2.24, 2.45) is 5.41 Å². The second-order valence-corrected chi connectivity index (χ2v) is 5.46. The van der Waals surface area contributed by atoms with Crippen molar-refractivity contribution in [2.75, 3.05) is 0 Å². The van der Waals surface area contributed by atoms with E-state index in [1.54, 1.807) is 0 Å². The largest absolute Gasteiger partial charge is 0.299 e. The second-order valence-electron chi connectivity index (χ2n) is 5.46. The maximum absolute atomic E-state index is 12.1. The van der Waals surface area contributed by atoms with Gasteiger partial charge in [0, 0.05) is 11.8 Å². The number of rotatable bonds is 4. The van der Waals surface area contributed by atoms with Crippen molar-refractivity contribution >= 4 is 5.78 Å². The van der Waals surface area contributed by atoms with Crippen LogP contribution in [0.1, 0.15) is 50.7 Å². The first kappa shape index (κ1) is 11.4. The molecule has 0 saturated carbocycles. The summed E-state index contributed by atoms with van der Waals surface area (Å²) in [7, 11) is 0. The van der Waals surface area contributed by atoms with Crippen LogP contribution in [0.2, 0.25) is 0 Å². The van der Waals surface area contributed by atoms with E-state index < -0.39 is 0 Å². The van der Waals surface area contributed by atoms with Gasteiger partial charge in [0.25, 0.3) is 0 Å². The Labute approximate surface area is 97.9 Å². The van der Waals surface area contributed by atoms with Crippen molar-refractivity contribution in [1.82, 2.24) is 0 Å². The Morgan fingerprint density at radius 2 is 2.06 bits per heavy atom. The standard InChI is InChI=1S/C15H20O/c1-4-15(2,3)14(16)10-12-9-11-7-5-6-8-13(11)12/h5-8,12H,4,9-10H2,1-3H3. The molecule has 0 aromatic heterocycles. The van der Waals surface area contributed by atoms with Crippen molar-refractivity contribution in [1.29, 1.82) is 0 Å². The highest BCUT2D eigenvalue weighted by Gasteiger charge is 2.32. The van der Waals surface area contributed by atoms with Gasteiger partial charge < -0.3 is 0 Å². The highest BCUT2D eigenvalue weighted by Crippen LogP contribution is 2.39. The number of carbonyl (C=O) groups excluding carboxylic acids is 1. The van der Waals surface area contributed by atoms with Crippen molar-refractivity contribution < 1.29 is 4.79 Å². The minimum Gasteiger partial charge on any atom is -0.299 e. The third-order valence-corrected chi connectivity index (χ3v) is 4.03. The van der Waals surface area contributed by atoms with Crippen molar-refractivity contribution in [2.45, 2.75) is 46.0 Å². The van der Waals surface area contributed by atoms with Gasteiger partial charge in [0.1, 0.15) is 5.78 Å². The zero-order valence-electron chi connectivity index (χ0n) is 10.4. The first-order chi connectivity index (χ1) is 7.54. The molecule has 1 atom stereocenters. The molecule has 0 bridgehead atoms. The van der Waals surface area contributed by atoms with Crippen molar-refractivity contribution in [3.63, 3.8) is 0 Å². The molecule has 1 aliphatic rings. The van der Waals surface area contributed by atoms with Crippen LogP contribution in [-0.4, -0.2) is 5.78 Å². The number of hydrogen-bond acceptors (Lipinski definition) is 1. The number of ketones is 1. The van der Waals surface area contributed by atoms with E-state index in [4.69, 9.17) is 0 Å². The lowest BCUT2D eigenvalue weighted by molar-refractivity contribution is -0.127. The van der Waals surface area contributed by atoms with Crippen LogP contribution in [0.3, 0.4) is 0 Å². The van der Waals surface area contributed by atoms with Gasteiger partial charge in [0.15, 0.2) is 0 Å². The number of carbonyl (C=O) groups is 1. The Morgan fingerprint density at radius 1 is 1.38 bits per heavy atom. The fourth-order valence-electron chi connectivity index (χ4n) is 2.24. The molecular formula is C15H20O. The lowest BCUT2D eigenvalue weighted by Gasteiger charge is -2.32. The molecule has 1 heteroatoms. The average molecular weight is 216 g/mol. The van der Waals surface area contributed by atoms with Gasteiger partial charge in [-0.25, -0.2) is 0 Å². The Balaban J connectivity index is 2.02. The van der Waals surface area contributed by atoms with Gasteiger partial charge in [0.05, 0.1) is 0 Å². The van der Waals surface area contributed by atoms with Crippen LogP contribution in [0.25, 0.3) is 0 Å². The van der Waals surface area contributed by atoms with Gasteiger partial charge in [-0.15, -0.1) is 0 Å². The van der Waals surface area contributed by atoms with Gasteiger partial charge in [-0.1, -0.05) is 45.0 Å². The first-order valence-electron chi connectivity index (χ1n) is 6.15. The predicted octanol–water partition coefficient (Wildman–Crippen LogP) is 3.72. The van der Waals surface area contributed by atoms with E-state index in [2.05, 4.69) is 45.0 Å². The van der Waals surface area contributed by atoms with E-state index in [9.17, 15) is 4.79 Å². The molecule has 1 aromatic carbocycles. The molecule has 1 nitrogen and oxygen atoms in total. The first-order valence-corrected chi connectivity index (χ1v) is 6.15. The van der Waals surface area contributed by atoms with Crippen molar-refractivity contribution in [3.05, 3.63) is 35.4 Å². The fourth-order valence-corrected chi connectivity index (χ4v) is 2.24. The Bertz CT molecular complexity index is 404. The number of fused-ring (bicyclic) bond motifs is 1. The average Bonchev–Trinajstić information content (AvgIpc) is 2.25. The summed E-state index contributed by atoms with van der Waals surface area (Å²) in [6, 6.07) is 8.48. The van der Waals surface area contributed by atoms with E-state index in [0.717, 1.165) is 19.3 Å². The predicted molar refractivity (Wildman–Crippen MR) is 66.6 cm³/mol. The Kier molecular flexibility index (Phi) is 2.88. The molecule has 16 heavy (non-hydrogen) atoms. The minimum atomic E-state index is -0.148. The summed E-state index contributed by atoms with van der Waals surface area (Å²) in [6.45, 7) is 6.20. The number of Topliss-reactive ketones (excluding diaryl/α,β-unsaturated/α-hetero) is 1. The highest BCUT2D eigenvalue weighted by atomic mass is 16.1. The molecule has 86 valence electrons. The normalized spacial score (nSPS) is 18.8. The maximum Gasteiger partial charge on any atom is 0.139 e. The van der Waals surface area contributed by atoms with Gasteiger partial charge in [-0.2, -0.15) is 0 Å². The molecule has 0 fully saturated rings. The van der Waals surface area contributed by atoms with Crippen LogP contribution in [0.15, 0.2) is 24.3 Å². The SMILES string of the molecule is CCC(C)(C)C(=O)CC1Cc2ccccc21. The molecule has 1 aromatic rings. The summed E-state index contributed by atoms with van der Waals surface area (Å²) in [5.41, 5.74) is 2.67. The van der Waals surface area contributed by atoms with E-state index >= 15 is 0 Å². The molecule has 0 amide bonds. The summed E-state index contributed by atoms with van der Waals surface area (Å²) in [6.07, 6.45) is 2.74. The van der Waals surface area contributed by atoms with Crippen LogP contribution in [0.5, 0.6) is 0 Å². The van der Waals surface area contributed by atoms with Crippen LogP contribution >= 0.6 is 0 Å². The van der Waals surface area contributed by atoms with E-state index in [1.165, 1.54) is 11.1 Å². The maximum atomic E-state index is 12.1. The molecule has 1 aliphatic carbocycles. The lowest BCUT2D eigenvalue weighted by atomic mass is 9.71. The molecule has 0 radical (unpaired) electrons. The number of hydrogen-bond donors (Lipinski definition) is 0. The molecule has 0 aliphatic heterocycles. The second kappa shape index (κ2) is 4.04. The Morgan fingerprint density at radius 3 is 2.69 bits per heavy atom. The van der Waals surface area contributed by atoms with Crippen LogP contribution in [0.4, 0.5) is 0 Å². The molecule has 1 unspecified atom stereocenters. The molecule has 0 saturated heterocycles. The van der Waals surface area contributed by atoms with E-state index in [0.29, 0.717) is 11.7 Å². The Hall–Kier alpha value is -1.11. The summed E-state index contributed by atoms with van der Waals surface area (Å²) in [4.78, 5) is 12.1. The zero-order chi connectivity index (χ0) is 11.8. The summed E-state index contributed by atoms with van der Waals surface area (Å²) in [5.74, 6) is 0.893. The van der Waals surface area contributed by atoms with Crippen LogP contribution in [0, 0.1) is 5.41 Å². The number of benzene rings is 1. The minimum absolute atomic E-state index is 0.148. The molecule has 0 heterocycles. The van der Waals surface area contributed by atoms with Gasteiger partial charge in [-0.3, -0.25) is 4.79 Å². The fraction of sp³-hybridized carbons (Fsp3) is 0.533. The topological polar surface area (TPSA) is 17.1 Å². The van der Waals surface area contributed by atoms with E-state index in [-0.39, 0.29) is 5.41 Å². The van der Waals surface area contributed by atoms with Crippen LogP contribution in [-0.2, 0) is 11.2 Å². The smallest absolute Gasteiger partial charge is 0.139 e. The molecule has 0 N–H and O–H groups in total. The molecule has 2 rings (SSSR count). The molecule has 0 spiro atoms. The van der Waals surface area contributed by atoms with Gasteiger partial charge in [-0.05, 0) is 29.9 Å².